The second-order valence-corrected chi connectivity index (χ2v) is 8.96. The second kappa shape index (κ2) is 10.00. The molecule has 0 unspecified atom stereocenters. The number of nitrogens with one attached hydrogen (secondary N) is 2. The molecule has 2 aliphatic heterocycles. The van der Waals surface area contributed by atoms with Crippen molar-refractivity contribution in [3.8, 4) is 0 Å². The van der Waals surface area contributed by atoms with Crippen molar-refractivity contribution in [2.24, 2.45) is 0 Å². The summed E-state index contributed by atoms with van der Waals surface area (Å²) in [4.78, 5) is 30.2. The van der Waals surface area contributed by atoms with Gasteiger partial charge in [-0.2, -0.15) is 0 Å². The fourth-order valence-electron chi connectivity index (χ4n) is 4.81. The molecule has 1 fully saturated rings. The highest BCUT2D eigenvalue weighted by atomic mass is 16.2. The number of hydrogen-bond donors (Lipinski definition) is 2. The van der Waals surface area contributed by atoms with Crippen LogP contribution in [0.5, 0.6) is 0 Å². The molecule has 5 rings (SSSR count). The van der Waals surface area contributed by atoms with E-state index in [1.807, 2.05) is 53.4 Å². The van der Waals surface area contributed by atoms with E-state index in [1.165, 1.54) is 11.1 Å². The van der Waals surface area contributed by atoms with E-state index in [4.69, 9.17) is 0 Å². The molecule has 0 aliphatic carbocycles. The van der Waals surface area contributed by atoms with E-state index in [1.54, 1.807) is 0 Å². The van der Waals surface area contributed by atoms with Gasteiger partial charge >= 0.3 is 6.03 Å². The maximum Gasteiger partial charge on any atom is 0.319 e. The second-order valence-electron chi connectivity index (χ2n) is 8.96. The lowest BCUT2D eigenvalue weighted by atomic mass is 9.98. The number of fused-ring (bicyclic) bond motifs is 1. The van der Waals surface area contributed by atoms with Crippen molar-refractivity contribution in [1.82, 2.24) is 10.2 Å². The molecule has 3 amide bonds. The van der Waals surface area contributed by atoms with Crippen LogP contribution >= 0.6 is 0 Å². The van der Waals surface area contributed by atoms with Gasteiger partial charge in [0, 0.05) is 44.1 Å². The first-order chi connectivity index (χ1) is 16.7. The molecule has 2 aliphatic rings. The van der Waals surface area contributed by atoms with Crippen molar-refractivity contribution in [3.05, 3.63) is 95.1 Å². The number of benzene rings is 3. The molecule has 6 nitrogen and oxygen atoms in total. The number of urea groups is 1. The first-order valence-corrected chi connectivity index (χ1v) is 12.0. The third-order valence-corrected chi connectivity index (χ3v) is 6.65. The zero-order valence-electron chi connectivity index (χ0n) is 19.3. The Hall–Kier alpha value is -3.80. The summed E-state index contributed by atoms with van der Waals surface area (Å²) in [6.07, 6.45) is 3.03. The van der Waals surface area contributed by atoms with Gasteiger partial charge in [0.25, 0.3) is 5.91 Å². The third kappa shape index (κ3) is 4.91. The maximum atomic E-state index is 13.5. The molecule has 6 heteroatoms. The van der Waals surface area contributed by atoms with Crippen LogP contribution in [-0.2, 0) is 19.5 Å². The van der Waals surface area contributed by atoms with Gasteiger partial charge in [-0.05, 0) is 54.2 Å². The first-order valence-electron chi connectivity index (χ1n) is 12.0. The molecular formula is C28H30N4O2. The molecule has 0 bridgehead atoms. The molecule has 0 radical (unpaired) electrons. The van der Waals surface area contributed by atoms with Gasteiger partial charge in [0.2, 0.25) is 0 Å². The Morgan fingerprint density at radius 3 is 2.35 bits per heavy atom. The van der Waals surface area contributed by atoms with Crippen LogP contribution in [0.1, 0.15) is 39.9 Å². The number of carbonyl (C=O) groups is 2. The van der Waals surface area contributed by atoms with E-state index in [9.17, 15) is 9.59 Å². The molecule has 3 aromatic rings. The third-order valence-electron chi connectivity index (χ3n) is 6.65. The Morgan fingerprint density at radius 2 is 1.56 bits per heavy atom. The fourth-order valence-corrected chi connectivity index (χ4v) is 4.81. The van der Waals surface area contributed by atoms with Gasteiger partial charge in [0.05, 0.1) is 5.56 Å². The topological polar surface area (TPSA) is 64.7 Å². The van der Waals surface area contributed by atoms with E-state index in [2.05, 4.69) is 39.8 Å². The molecule has 1 saturated heterocycles. The van der Waals surface area contributed by atoms with Gasteiger partial charge in [-0.1, -0.05) is 54.6 Å². The van der Waals surface area contributed by atoms with Crippen molar-refractivity contribution < 1.29 is 9.59 Å². The van der Waals surface area contributed by atoms with Crippen LogP contribution in [-0.4, -0.2) is 36.5 Å². The molecule has 3 aromatic carbocycles. The number of rotatable bonds is 5. The van der Waals surface area contributed by atoms with Crippen LogP contribution in [0.25, 0.3) is 0 Å². The van der Waals surface area contributed by atoms with Crippen LogP contribution in [0.2, 0.25) is 0 Å². The van der Waals surface area contributed by atoms with Crippen molar-refractivity contribution in [2.75, 3.05) is 29.9 Å². The van der Waals surface area contributed by atoms with Gasteiger partial charge in [-0.3, -0.25) is 4.79 Å². The number of nitrogens with zero attached hydrogens (tertiary/aromatic N) is 2. The Labute approximate surface area is 200 Å². The lowest BCUT2D eigenvalue weighted by Gasteiger charge is -2.33. The lowest BCUT2D eigenvalue weighted by Crippen LogP contribution is -2.34. The molecule has 2 N–H and O–H groups in total. The SMILES string of the molecule is O=C(NCc1ccccc1)Nc1ccc(N2CCc3ccccc3C2)c(C(=O)N2CCCC2)c1. The summed E-state index contributed by atoms with van der Waals surface area (Å²) in [6, 6.07) is 23.7. The number of likely N-dealkylation sites (tertiary alicyclic amines) is 1. The smallest absolute Gasteiger partial charge is 0.319 e. The summed E-state index contributed by atoms with van der Waals surface area (Å²) in [6.45, 7) is 3.66. The molecule has 174 valence electrons. The van der Waals surface area contributed by atoms with Crippen LogP contribution < -0.4 is 15.5 Å². The van der Waals surface area contributed by atoms with E-state index < -0.39 is 0 Å². The van der Waals surface area contributed by atoms with E-state index >= 15 is 0 Å². The highest BCUT2D eigenvalue weighted by molar-refractivity contribution is 6.02. The zero-order chi connectivity index (χ0) is 23.3. The minimum atomic E-state index is -0.289. The number of anilines is 2. The van der Waals surface area contributed by atoms with Gasteiger partial charge < -0.3 is 20.4 Å². The standard InChI is InChI=1S/C28H30N4O2/c33-27(31-15-6-7-16-31)25-18-24(30-28(34)29-19-21-8-2-1-3-9-21)12-13-26(25)32-17-14-22-10-4-5-11-23(22)20-32/h1-5,8-13,18H,6-7,14-17,19-20H2,(H2,29,30,34). The molecule has 0 aromatic heterocycles. The quantitative estimate of drug-likeness (QED) is 0.582. The van der Waals surface area contributed by atoms with Crippen molar-refractivity contribution in [2.45, 2.75) is 32.4 Å². The predicted octanol–water partition coefficient (Wildman–Crippen LogP) is 4.81. The van der Waals surface area contributed by atoms with Crippen LogP contribution in [0.15, 0.2) is 72.8 Å². The maximum absolute atomic E-state index is 13.5. The van der Waals surface area contributed by atoms with Gasteiger partial charge in [-0.25, -0.2) is 4.79 Å². The number of amides is 3. The Bertz CT molecular complexity index is 1170. The van der Waals surface area contributed by atoms with E-state index in [0.29, 0.717) is 17.8 Å². The summed E-state index contributed by atoms with van der Waals surface area (Å²) in [5.41, 5.74) is 5.91. The molecule has 0 saturated carbocycles. The van der Waals surface area contributed by atoms with Crippen molar-refractivity contribution >= 4 is 23.3 Å². The molecule has 34 heavy (non-hydrogen) atoms. The molecule has 2 heterocycles. The monoisotopic (exact) mass is 454 g/mol. The van der Waals surface area contributed by atoms with Crippen LogP contribution in [0.4, 0.5) is 16.2 Å². The zero-order valence-corrected chi connectivity index (χ0v) is 19.3. The summed E-state index contributed by atoms with van der Waals surface area (Å²) in [5, 5.41) is 5.79. The largest absolute Gasteiger partial charge is 0.366 e. The van der Waals surface area contributed by atoms with Crippen LogP contribution in [0, 0.1) is 0 Å². The minimum absolute atomic E-state index is 0.0414. The van der Waals surface area contributed by atoms with E-state index in [0.717, 1.165) is 56.7 Å². The summed E-state index contributed by atoms with van der Waals surface area (Å²) >= 11 is 0. The number of hydrogen-bond acceptors (Lipinski definition) is 3. The van der Waals surface area contributed by atoms with Crippen molar-refractivity contribution in [3.63, 3.8) is 0 Å². The van der Waals surface area contributed by atoms with Crippen molar-refractivity contribution in [1.29, 1.82) is 0 Å². The van der Waals surface area contributed by atoms with E-state index in [-0.39, 0.29) is 11.9 Å². The Balaban J connectivity index is 1.36. The molecule has 0 spiro atoms. The predicted molar refractivity (Wildman–Crippen MR) is 135 cm³/mol. The fraction of sp³-hybridized carbons (Fsp3) is 0.286. The van der Waals surface area contributed by atoms with Gasteiger partial charge in [0.15, 0.2) is 0 Å². The summed E-state index contributed by atoms with van der Waals surface area (Å²) in [7, 11) is 0. The molecule has 0 atom stereocenters. The first kappa shape index (κ1) is 22.0. The normalized spacial score (nSPS) is 15.1. The average molecular weight is 455 g/mol. The summed E-state index contributed by atoms with van der Waals surface area (Å²) < 4.78 is 0. The minimum Gasteiger partial charge on any atom is -0.366 e. The summed E-state index contributed by atoms with van der Waals surface area (Å²) in [5.74, 6) is 0.0414. The highest BCUT2D eigenvalue weighted by Crippen LogP contribution is 2.31. The lowest BCUT2D eigenvalue weighted by molar-refractivity contribution is 0.0793. The average Bonchev–Trinajstić information content (AvgIpc) is 3.42. The van der Waals surface area contributed by atoms with Crippen LogP contribution in [0.3, 0.4) is 0 Å². The van der Waals surface area contributed by atoms with Gasteiger partial charge in [-0.15, -0.1) is 0 Å². The Morgan fingerprint density at radius 1 is 0.824 bits per heavy atom. The Kier molecular flexibility index (Phi) is 6.47. The number of carbonyl (C=O) groups excluding carboxylic acids is 2. The van der Waals surface area contributed by atoms with Gasteiger partial charge in [0.1, 0.15) is 0 Å². The molecular weight excluding hydrogens is 424 g/mol. The highest BCUT2D eigenvalue weighted by Gasteiger charge is 2.26.